The molecule has 8 heteroatoms. The van der Waals surface area contributed by atoms with Gasteiger partial charge in [0.15, 0.2) is 5.96 Å². The molecular formula is C20H32ClFIN3O2. The van der Waals surface area contributed by atoms with Gasteiger partial charge in [0.25, 0.3) is 0 Å². The van der Waals surface area contributed by atoms with Gasteiger partial charge in [-0.25, -0.2) is 4.39 Å². The lowest BCUT2D eigenvalue weighted by Gasteiger charge is -2.21. The monoisotopic (exact) mass is 527 g/mol. The van der Waals surface area contributed by atoms with Crippen molar-refractivity contribution in [1.82, 2.24) is 10.6 Å². The number of ether oxygens (including phenoxy) is 2. The van der Waals surface area contributed by atoms with E-state index in [2.05, 4.69) is 15.6 Å². The first kappa shape index (κ1) is 25.4. The van der Waals surface area contributed by atoms with Gasteiger partial charge in [-0.2, -0.15) is 0 Å². The summed E-state index contributed by atoms with van der Waals surface area (Å²) in [5.41, 5.74) is 0.919. The van der Waals surface area contributed by atoms with Crippen molar-refractivity contribution in [3.05, 3.63) is 34.6 Å². The second kappa shape index (κ2) is 15.2. The number of benzene rings is 1. The quantitative estimate of drug-likeness (QED) is 0.209. The van der Waals surface area contributed by atoms with Crippen LogP contribution in [0.3, 0.4) is 0 Å². The summed E-state index contributed by atoms with van der Waals surface area (Å²) in [5.74, 6) is 1.10. The van der Waals surface area contributed by atoms with E-state index in [0.29, 0.717) is 30.5 Å². The number of nitrogens with zero attached hydrogens (tertiary/aromatic N) is 1. The fraction of sp³-hybridized carbons (Fsp3) is 0.650. The predicted molar refractivity (Wildman–Crippen MR) is 123 cm³/mol. The van der Waals surface area contributed by atoms with Crippen LogP contribution in [0.15, 0.2) is 23.2 Å². The molecule has 0 radical (unpaired) electrons. The summed E-state index contributed by atoms with van der Waals surface area (Å²) >= 11 is 6.06. The third kappa shape index (κ3) is 10.2. The van der Waals surface area contributed by atoms with Crippen LogP contribution < -0.4 is 10.6 Å². The highest BCUT2D eigenvalue weighted by Crippen LogP contribution is 2.17. The van der Waals surface area contributed by atoms with E-state index in [4.69, 9.17) is 21.1 Å². The van der Waals surface area contributed by atoms with Crippen LogP contribution in [0, 0.1) is 11.7 Å². The minimum absolute atomic E-state index is 0. The maximum atomic E-state index is 13.1. The van der Waals surface area contributed by atoms with Gasteiger partial charge in [0, 0.05) is 51.1 Å². The van der Waals surface area contributed by atoms with Gasteiger partial charge in [-0.3, -0.25) is 4.99 Å². The van der Waals surface area contributed by atoms with Crippen molar-refractivity contribution < 1.29 is 13.9 Å². The standard InChI is InChI=1S/C20H31ClFN3O2.HI/c1-2-23-20(25-10-6-17-4-5-18(22)14-19(17)21)24-9-3-11-27-15-16-7-12-26-13-8-16;/h4-5,14,16H,2-3,6-13,15H2,1H3,(H2,23,24,25);1H. The number of rotatable bonds is 10. The van der Waals surface area contributed by atoms with Crippen LogP contribution in [0.1, 0.15) is 31.7 Å². The van der Waals surface area contributed by atoms with Crippen molar-refractivity contribution in [1.29, 1.82) is 0 Å². The molecule has 0 spiro atoms. The summed E-state index contributed by atoms with van der Waals surface area (Å²) in [6.45, 7) is 7.49. The van der Waals surface area contributed by atoms with Crippen molar-refractivity contribution in [2.24, 2.45) is 10.9 Å². The minimum Gasteiger partial charge on any atom is -0.381 e. The summed E-state index contributed by atoms with van der Waals surface area (Å²) in [5, 5.41) is 6.97. The molecule has 5 nitrogen and oxygen atoms in total. The molecule has 1 aliphatic heterocycles. The fourth-order valence-electron chi connectivity index (χ4n) is 2.90. The highest BCUT2D eigenvalue weighted by molar-refractivity contribution is 14.0. The summed E-state index contributed by atoms with van der Waals surface area (Å²) < 4.78 is 24.2. The highest BCUT2D eigenvalue weighted by Gasteiger charge is 2.13. The van der Waals surface area contributed by atoms with Crippen molar-refractivity contribution in [2.45, 2.75) is 32.6 Å². The van der Waals surface area contributed by atoms with Crippen molar-refractivity contribution in [3.63, 3.8) is 0 Å². The van der Waals surface area contributed by atoms with Crippen LogP contribution in [0.2, 0.25) is 5.02 Å². The van der Waals surface area contributed by atoms with Gasteiger partial charge in [-0.05, 0) is 56.2 Å². The van der Waals surface area contributed by atoms with E-state index >= 15 is 0 Å². The van der Waals surface area contributed by atoms with Crippen LogP contribution in [0.25, 0.3) is 0 Å². The molecule has 1 aromatic rings. The Labute approximate surface area is 189 Å². The molecule has 0 unspecified atom stereocenters. The second-order valence-corrected chi connectivity index (χ2v) is 7.06. The van der Waals surface area contributed by atoms with Gasteiger partial charge >= 0.3 is 0 Å². The maximum absolute atomic E-state index is 13.1. The molecule has 0 aromatic heterocycles. The van der Waals surface area contributed by atoms with E-state index in [-0.39, 0.29) is 29.8 Å². The Morgan fingerprint density at radius 2 is 2.11 bits per heavy atom. The molecule has 1 aliphatic rings. The predicted octanol–water partition coefficient (Wildman–Crippen LogP) is 4.03. The minimum atomic E-state index is -0.314. The zero-order valence-corrected chi connectivity index (χ0v) is 19.6. The third-order valence-corrected chi connectivity index (χ3v) is 4.81. The first-order chi connectivity index (χ1) is 13.2. The number of guanidine groups is 1. The summed E-state index contributed by atoms with van der Waals surface area (Å²) in [4.78, 5) is 4.57. The summed E-state index contributed by atoms with van der Waals surface area (Å²) in [6.07, 6.45) is 3.80. The first-order valence-electron chi connectivity index (χ1n) is 9.80. The molecule has 1 saturated heterocycles. The second-order valence-electron chi connectivity index (χ2n) is 6.66. The van der Waals surface area contributed by atoms with Gasteiger partial charge in [0.1, 0.15) is 5.82 Å². The van der Waals surface area contributed by atoms with Crippen LogP contribution in [-0.2, 0) is 15.9 Å². The molecule has 1 heterocycles. The van der Waals surface area contributed by atoms with Gasteiger partial charge in [0.05, 0.1) is 0 Å². The molecule has 2 rings (SSSR count). The Bertz CT molecular complexity index is 587. The molecule has 0 amide bonds. The zero-order chi connectivity index (χ0) is 19.3. The van der Waals surface area contributed by atoms with E-state index in [1.165, 1.54) is 12.1 Å². The van der Waals surface area contributed by atoms with Gasteiger partial charge in [-0.15, -0.1) is 24.0 Å². The van der Waals surface area contributed by atoms with Crippen molar-refractivity contribution >= 4 is 41.5 Å². The Morgan fingerprint density at radius 3 is 2.82 bits per heavy atom. The van der Waals surface area contributed by atoms with E-state index in [1.807, 2.05) is 6.92 Å². The van der Waals surface area contributed by atoms with E-state index in [9.17, 15) is 4.39 Å². The Hall–Kier alpha value is -0.640. The number of aliphatic imine (C=N–C) groups is 1. The van der Waals surface area contributed by atoms with Gasteiger partial charge in [-0.1, -0.05) is 17.7 Å². The average molecular weight is 528 g/mol. The molecule has 160 valence electrons. The maximum Gasteiger partial charge on any atom is 0.191 e. The van der Waals surface area contributed by atoms with Gasteiger partial charge < -0.3 is 20.1 Å². The van der Waals surface area contributed by atoms with E-state index in [1.54, 1.807) is 6.07 Å². The van der Waals surface area contributed by atoms with E-state index < -0.39 is 0 Å². The fourth-order valence-corrected chi connectivity index (χ4v) is 3.16. The molecule has 28 heavy (non-hydrogen) atoms. The summed E-state index contributed by atoms with van der Waals surface area (Å²) in [6, 6.07) is 4.50. The van der Waals surface area contributed by atoms with Crippen LogP contribution in [0.4, 0.5) is 4.39 Å². The SMILES string of the molecule is CCNC(=NCCCOCC1CCOCC1)NCCc1ccc(F)cc1Cl.I. The Morgan fingerprint density at radius 1 is 1.32 bits per heavy atom. The molecule has 0 atom stereocenters. The number of hydrogen-bond acceptors (Lipinski definition) is 3. The third-order valence-electron chi connectivity index (χ3n) is 4.46. The number of nitrogens with one attached hydrogen (secondary N) is 2. The van der Waals surface area contributed by atoms with Crippen molar-refractivity contribution in [2.75, 3.05) is 46.1 Å². The Balaban J connectivity index is 0.00000392. The van der Waals surface area contributed by atoms with Crippen molar-refractivity contribution in [3.8, 4) is 0 Å². The molecule has 0 bridgehead atoms. The Kier molecular flexibility index (Phi) is 13.8. The zero-order valence-electron chi connectivity index (χ0n) is 16.5. The van der Waals surface area contributed by atoms with Crippen LogP contribution in [0.5, 0.6) is 0 Å². The van der Waals surface area contributed by atoms with Crippen LogP contribution >= 0.6 is 35.6 Å². The molecule has 1 fully saturated rings. The largest absolute Gasteiger partial charge is 0.381 e. The normalized spacial score (nSPS) is 15.2. The lowest BCUT2D eigenvalue weighted by Crippen LogP contribution is -2.38. The molecular weight excluding hydrogens is 496 g/mol. The average Bonchev–Trinajstić information content (AvgIpc) is 2.67. The number of halogens is 3. The topological polar surface area (TPSA) is 54.9 Å². The van der Waals surface area contributed by atoms with Gasteiger partial charge in [0.2, 0.25) is 0 Å². The highest BCUT2D eigenvalue weighted by atomic mass is 127. The van der Waals surface area contributed by atoms with E-state index in [0.717, 1.165) is 63.8 Å². The lowest BCUT2D eigenvalue weighted by molar-refractivity contribution is 0.0205. The smallest absolute Gasteiger partial charge is 0.191 e. The molecule has 0 saturated carbocycles. The molecule has 1 aromatic carbocycles. The molecule has 0 aliphatic carbocycles. The lowest BCUT2D eigenvalue weighted by atomic mass is 10.0. The summed E-state index contributed by atoms with van der Waals surface area (Å²) in [7, 11) is 0. The van der Waals surface area contributed by atoms with Crippen LogP contribution in [-0.4, -0.2) is 52.0 Å². The molecule has 2 N–H and O–H groups in total. The number of hydrogen-bond donors (Lipinski definition) is 2. The first-order valence-corrected chi connectivity index (χ1v) is 10.2.